The summed E-state index contributed by atoms with van der Waals surface area (Å²) in [5.74, 6) is 0. The van der Waals surface area contributed by atoms with Crippen molar-refractivity contribution in [3.8, 4) is 0 Å². The molecule has 1 nitrogen and oxygen atoms in total. The van der Waals surface area contributed by atoms with Gasteiger partial charge in [0.05, 0.1) is 0 Å². The molecule has 0 aliphatic heterocycles. The summed E-state index contributed by atoms with van der Waals surface area (Å²) < 4.78 is 0. The van der Waals surface area contributed by atoms with E-state index in [1.165, 1.54) is 22.9 Å². The van der Waals surface area contributed by atoms with Gasteiger partial charge in [-0.2, -0.15) is 0 Å². The molecule has 2 aromatic rings. The standard InChI is InChI=1S/C19H22OS/c1-3-5-15-7-11-17(12-8-15)19(20)21-18-13-9-16(6-4-2)10-14-18/h7-14H,3-6H2,1-2H3. The molecule has 110 valence electrons. The van der Waals surface area contributed by atoms with Crippen LogP contribution in [0.1, 0.15) is 48.2 Å². The van der Waals surface area contributed by atoms with E-state index in [0.29, 0.717) is 0 Å². The molecule has 0 atom stereocenters. The van der Waals surface area contributed by atoms with Gasteiger partial charge in [-0.15, -0.1) is 0 Å². The number of hydrogen-bond donors (Lipinski definition) is 0. The molecule has 0 saturated carbocycles. The lowest BCUT2D eigenvalue weighted by atomic mass is 10.1. The Labute approximate surface area is 131 Å². The second-order valence-electron chi connectivity index (χ2n) is 5.23. The first-order chi connectivity index (χ1) is 10.2. The average molecular weight is 298 g/mol. The summed E-state index contributed by atoms with van der Waals surface area (Å²) in [4.78, 5) is 13.3. The molecule has 0 aromatic heterocycles. The van der Waals surface area contributed by atoms with Crippen molar-refractivity contribution < 1.29 is 4.79 Å². The Kier molecular flexibility index (Phi) is 6.06. The van der Waals surface area contributed by atoms with Crippen LogP contribution in [0.25, 0.3) is 0 Å². The van der Waals surface area contributed by atoms with E-state index >= 15 is 0 Å². The first kappa shape index (κ1) is 15.8. The second-order valence-corrected chi connectivity index (χ2v) is 6.28. The topological polar surface area (TPSA) is 17.1 Å². The predicted octanol–water partition coefficient (Wildman–Crippen LogP) is 5.52. The molecule has 0 aliphatic carbocycles. The van der Waals surface area contributed by atoms with Crippen LogP contribution in [0.4, 0.5) is 0 Å². The van der Waals surface area contributed by atoms with Gasteiger partial charge in [-0.1, -0.05) is 63.1 Å². The minimum Gasteiger partial charge on any atom is -0.281 e. The number of rotatable bonds is 6. The first-order valence-corrected chi connectivity index (χ1v) is 8.44. The lowest BCUT2D eigenvalue weighted by molar-refractivity contribution is 0.108. The molecule has 0 heterocycles. The van der Waals surface area contributed by atoms with Crippen LogP contribution in [-0.2, 0) is 12.8 Å². The van der Waals surface area contributed by atoms with E-state index in [2.05, 4.69) is 38.1 Å². The zero-order valence-corrected chi connectivity index (χ0v) is 13.6. The van der Waals surface area contributed by atoms with Gasteiger partial charge in [0.25, 0.3) is 0 Å². The summed E-state index contributed by atoms with van der Waals surface area (Å²) in [6.45, 7) is 4.34. The predicted molar refractivity (Wildman–Crippen MR) is 91.1 cm³/mol. The highest BCUT2D eigenvalue weighted by molar-refractivity contribution is 8.14. The molecule has 0 amide bonds. The van der Waals surface area contributed by atoms with Gasteiger partial charge in [-0.3, -0.25) is 4.79 Å². The Morgan fingerprint density at radius 1 is 0.810 bits per heavy atom. The fourth-order valence-electron chi connectivity index (χ4n) is 2.27. The molecule has 0 bridgehead atoms. The lowest BCUT2D eigenvalue weighted by Gasteiger charge is -2.04. The summed E-state index contributed by atoms with van der Waals surface area (Å²) in [5.41, 5.74) is 3.40. The van der Waals surface area contributed by atoms with Gasteiger partial charge in [-0.05, 0) is 47.9 Å². The van der Waals surface area contributed by atoms with E-state index in [9.17, 15) is 4.79 Å². The Morgan fingerprint density at radius 2 is 1.29 bits per heavy atom. The minimum atomic E-state index is 0.112. The Hall–Kier alpha value is -1.54. The first-order valence-electron chi connectivity index (χ1n) is 7.63. The summed E-state index contributed by atoms with van der Waals surface area (Å²) >= 11 is 1.30. The zero-order chi connectivity index (χ0) is 15.1. The zero-order valence-electron chi connectivity index (χ0n) is 12.8. The highest BCUT2D eigenvalue weighted by Crippen LogP contribution is 2.23. The second kappa shape index (κ2) is 8.04. The van der Waals surface area contributed by atoms with Crippen LogP contribution in [0.15, 0.2) is 53.4 Å². The third-order valence-electron chi connectivity index (χ3n) is 3.40. The van der Waals surface area contributed by atoms with Crippen LogP contribution < -0.4 is 0 Å². The van der Waals surface area contributed by atoms with Crippen LogP contribution >= 0.6 is 11.8 Å². The van der Waals surface area contributed by atoms with Gasteiger partial charge in [0.1, 0.15) is 0 Å². The summed E-state index contributed by atoms with van der Waals surface area (Å²) in [7, 11) is 0. The maximum atomic E-state index is 12.3. The van der Waals surface area contributed by atoms with Crippen molar-refractivity contribution in [2.75, 3.05) is 0 Å². The quantitative estimate of drug-likeness (QED) is 0.653. The van der Waals surface area contributed by atoms with Crippen LogP contribution in [0.5, 0.6) is 0 Å². The summed E-state index contributed by atoms with van der Waals surface area (Å²) in [6.07, 6.45) is 4.44. The number of hydrogen-bond acceptors (Lipinski definition) is 2. The van der Waals surface area contributed by atoms with Gasteiger partial charge >= 0.3 is 0 Å². The third kappa shape index (κ3) is 4.75. The van der Waals surface area contributed by atoms with Gasteiger partial charge in [0.2, 0.25) is 5.12 Å². The van der Waals surface area contributed by atoms with Crippen molar-refractivity contribution in [1.82, 2.24) is 0 Å². The Bertz CT molecular complexity index is 570. The monoisotopic (exact) mass is 298 g/mol. The van der Waals surface area contributed by atoms with E-state index in [1.807, 2.05) is 24.3 Å². The summed E-state index contributed by atoms with van der Waals surface area (Å²) in [5, 5.41) is 0.112. The van der Waals surface area contributed by atoms with E-state index in [-0.39, 0.29) is 5.12 Å². The number of thioether (sulfide) groups is 1. The molecule has 0 unspecified atom stereocenters. The van der Waals surface area contributed by atoms with Crippen molar-refractivity contribution in [1.29, 1.82) is 0 Å². The van der Waals surface area contributed by atoms with Crippen LogP contribution in [-0.4, -0.2) is 5.12 Å². The SMILES string of the molecule is CCCc1ccc(SC(=O)c2ccc(CCC)cc2)cc1. The van der Waals surface area contributed by atoms with Crippen molar-refractivity contribution in [2.24, 2.45) is 0 Å². The van der Waals surface area contributed by atoms with Crippen LogP contribution in [0, 0.1) is 0 Å². The summed E-state index contributed by atoms with van der Waals surface area (Å²) in [6, 6.07) is 16.3. The Balaban J connectivity index is 2.00. The largest absolute Gasteiger partial charge is 0.281 e. The van der Waals surface area contributed by atoms with Crippen molar-refractivity contribution in [3.05, 3.63) is 65.2 Å². The van der Waals surface area contributed by atoms with Crippen molar-refractivity contribution >= 4 is 16.9 Å². The minimum absolute atomic E-state index is 0.112. The molecule has 2 aromatic carbocycles. The molecule has 2 heteroatoms. The molecule has 2 rings (SSSR count). The van der Waals surface area contributed by atoms with Gasteiger partial charge in [0.15, 0.2) is 0 Å². The molecule has 0 radical (unpaired) electrons. The van der Waals surface area contributed by atoms with Crippen molar-refractivity contribution in [3.63, 3.8) is 0 Å². The normalized spacial score (nSPS) is 10.6. The van der Waals surface area contributed by atoms with E-state index in [1.54, 1.807) is 0 Å². The van der Waals surface area contributed by atoms with E-state index in [0.717, 1.165) is 36.1 Å². The maximum Gasteiger partial charge on any atom is 0.224 e. The number of benzene rings is 2. The fraction of sp³-hybridized carbons (Fsp3) is 0.316. The van der Waals surface area contributed by atoms with E-state index < -0.39 is 0 Å². The highest BCUT2D eigenvalue weighted by Gasteiger charge is 2.08. The molecule has 21 heavy (non-hydrogen) atoms. The molecule has 0 fully saturated rings. The molecule has 0 N–H and O–H groups in total. The van der Waals surface area contributed by atoms with E-state index in [4.69, 9.17) is 0 Å². The molecule has 0 aliphatic rings. The molecular weight excluding hydrogens is 276 g/mol. The number of carbonyl (C=O) groups excluding carboxylic acids is 1. The Morgan fingerprint density at radius 3 is 1.76 bits per heavy atom. The van der Waals surface area contributed by atoms with Gasteiger partial charge in [0, 0.05) is 10.5 Å². The van der Waals surface area contributed by atoms with Crippen molar-refractivity contribution in [2.45, 2.75) is 44.4 Å². The number of carbonyl (C=O) groups is 1. The fourth-order valence-corrected chi connectivity index (χ4v) is 3.02. The molecule has 0 saturated heterocycles. The smallest absolute Gasteiger partial charge is 0.224 e. The highest BCUT2D eigenvalue weighted by atomic mass is 32.2. The molecule has 0 spiro atoms. The lowest BCUT2D eigenvalue weighted by Crippen LogP contribution is -1.94. The maximum absolute atomic E-state index is 12.3. The average Bonchev–Trinajstić information content (AvgIpc) is 2.50. The van der Waals surface area contributed by atoms with Crippen LogP contribution in [0.2, 0.25) is 0 Å². The molecular formula is C19H22OS. The van der Waals surface area contributed by atoms with Gasteiger partial charge in [-0.25, -0.2) is 0 Å². The van der Waals surface area contributed by atoms with Crippen LogP contribution in [0.3, 0.4) is 0 Å². The van der Waals surface area contributed by atoms with Gasteiger partial charge < -0.3 is 0 Å². The third-order valence-corrected chi connectivity index (χ3v) is 4.33. The number of aryl methyl sites for hydroxylation is 2.